The van der Waals surface area contributed by atoms with Gasteiger partial charge in [-0.2, -0.15) is 0 Å². The smallest absolute Gasteiger partial charge is 0.220 e. The molecule has 0 bridgehead atoms. The van der Waals surface area contributed by atoms with Crippen molar-refractivity contribution in [3.8, 4) is 0 Å². The van der Waals surface area contributed by atoms with E-state index in [4.69, 9.17) is 0 Å². The van der Waals surface area contributed by atoms with Gasteiger partial charge in [0, 0.05) is 13.0 Å². The Kier molecular flexibility index (Phi) is 9.51. The molecule has 0 spiro atoms. The fraction of sp³-hybridized carbons (Fsp3) is 0.611. The maximum atomic E-state index is 12.7. The SMILES string of the molecule is CCCCCCCCCCC(=O)NCc1ccc(F)cc1. The van der Waals surface area contributed by atoms with E-state index in [1.54, 1.807) is 12.1 Å². The van der Waals surface area contributed by atoms with E-state index in [1.165, 1.54) is 50.7 Å². The van der Waals surface area contributed by atoms with Crippen molar-refractivity contribution in [1.82, 2.24) is 5.32 Å². The number of nitrogens with one attached hydrogen (secondary N) is 1. The number of hydrogen-bond acceptors (Lipinski definition) is 1. The molecule has 0 aliphatic heterocycles. The molecule has 0 atom stereocenters. The summed E-state index contributed by atoms with van der Waals surface area (Å²) < 4.78 is 12.7. The van der Waals surface area contributed by atoms with Gasteiger partial charge in [-0.05, 0) is 24.1 Å². The van der Waals surface area contributed by atoms with E-state index in [0.717, 1.165) is 18.4 Å². The molecular formula is C18H28FNO. The third-order valence-corrected chi connectivity index (χ3v) is 3.66. The fourth-order valence-corrected chi connectivity index (χ4v) is 2.31. The Balaban J connectivity index is 1.97. The summed E-state index contributed by atoms with van der Waals surface area (Å²) in [5, 5.41) is 2.88. The minimum Gasteiger partial charge on any atom is -0.352 e. The summed E-state index contributed by atoms with van der Waals surface area (Å²) in [7, 11) is 0. The van der Waals surface area contributed by atoms with Gasteiger partial charge in [-0.15, -0.1) is 0 Å². The van der Waals surface area contributed by atoms with Crippen LogP contribution in [-0.2, 0) is 11.3 Å². The van der Waals surface area contributed by atoms with Crippen LogP contribution in [0.5, 0.6) is 0 Å². The predicted molar refractivity (Wildman–Crippen MR) is 85.5 cm³/mol. The molecule has 1 rings (SSSR count). The Labute approximate surface area is 128 Å². The molecule has 0 aliphatic carbocycles. The van der Waals surface area contributed by atoms with E-state index in [1.807, 2.05) is 0 Å². The lowest BCUT2D eigenvalue weighted by atomic mass is 10.1. The number of carbonyl (C=O) groups is 1. The molecule has 0 aliphatic rings. The van der Waals surface area contributed by atoms with Gasteiger partial charge in [-0.3, -0.25) is 4.79 Å². The molecular weight excluding hydrogens is 265 g/mol. The van der Waals surface area contributed by atoms with E-state index in [2.05, 4.69) is 12.2 Å². The van der Waals surface area contributed by atoms with Crippen LogP contribution in [0.2, 0.25) is 0 Å². The van der Waals surface area contributed by atoms with Crippen LogP contribution < -0.4 is 5.32 Å². The molecule has 0 saturated heterocycles. The Morgan fingerprint density at radius 3 is 2.14 bits per heavy atom. The first kappa shape index (κ1) is 17.7. The van der Waals surface area contributed by atoms with Crippen molar-refractivity contribution in [2.45, 2.75) is 71.3 Å². The first-order chi connectivity index (χ1) is 10.2. The van der Waals surface area contributed by atoms with Gasteiger partial charge in [0.25, 0.3) is 0 Å². The van der Waals surface area contributed by atoms with Gasteiger partial charge in [-0.1, -0.05) is 64.0 Å². The number of amides is 1. The third-order valence-electron chi connectivity index (χ3n) is 3.66. The van der Waals surface area contributed by atoms with Gasteiger partial charge in [0.15, 0.2) is 0 Å². The second-order valence-electron chi connectivity index (χ2n) is 5.63. The van der Waals surface area contributed by atoms with Crippen LogP contribution in [0.3, 0.4) is 0 Å². The van der Waals surface area contributed by atoms with Crippen molar-refractivity contribution >= 4 is 5.91 Å². The second-order valence-corrected chi connectivity index (χ2v) is 5.63. The molecule has 0 saturated carbocycles. The summed E-state index contributed by atoms with van der Waals surface area (Å²) in [5.41, 5.74) is 0.931. The van der Waals surface area contributed by atoms with Crippen molar-refractivity contribution in [2.24, 2.45) is 0 Å². The summed E-state index contributed by atoms with van der Waals surface area (Å²) in [6, 6.07) is 6.23. The van der Waals surface area contributed by atoms with Crippen LogP contribution in [-0.4, -0.2) is 5.91 Å². The molecule has 1 N–H and O–H groups in total. The molecule has 0 aromatic heterocycles. The van der Waals surface area contributed by atoms with Crippen LogP contribution in [0.25, 0.3) is 0 Å². The standard InChI is InChI=1S/C18H28FNO/c1-2-3-4-5-6-7-8-9-10-18(21)20-15-16-11-13-17(19)14-12-16/h11-14H,2-10,15H2,1H3,(H,20,21). The maximum Gasteiger partial charge on any atom is 0.220 e. The molecule has 0 heterocycles. The van der Waals surface area contributed by atoms with E-state index in [9.17, 15) is 9.18 Å². The molecule has 3 heteroatoms. The molecule has 118 valence electrons. The van der Waals surface area contributed by atoms with Crippen LogP contribution in [0.1, 0.15) is 70.3 Å². The monoisotopic (exact) mass is 293 g/mol. The number of halogens is 1. The Hall–Kier alpha value is -1.38. The first-order valence-corrected chi connectivity index (χ1v) is 8.23. The summed E-state index contributed by atoms with van der Waals surface area (Å²) in [6.45, 7) is 2.71. The highest BCUT2D eigenvalue weighted by Gasteiger charge is 2.01. The summed E-state index contributed by atoms with van der Waals surface area (Å²) in [5.74, 6) is -0.158. The molecule has 0 radical (unpaired) electrons. The minimum atomic E-state index is -0.246. The van der Waals surface area contributed by atoms with Crippen molar-refractivity contribution in [3.05, 3.63) is 35.6 Å². The van der Waals surface area contributed by atoms with Crippen molar-refractivity contribution in [2.75, 3.05) is 0 Å². The molecule has 21 heavy (non-hydrogen) atoms. The Morgan fingerprint density at radius 2 is 1.52 bits per heavy atom. The summed E-state index contributed by atoms with van der Waals surface area (Å²) >= 11 is 0. The zero-order valence-electron chi connectivity index (χ0n) is 13.2. The lowest BCUT2D eigenvalue weighted by Gasteiger charge is -2.05. The minimum absolute atomic E-state index is 0.0882. The van der Waals surface area contributed by atoms with Crippen LogP contribution >= 0.6 is 0 Å². The maximum absolute atomic E-state index is 12.7. The molecule has 0 unspecified atom stereocenters. The second kappa shape index (κ2) is 11.3. The van der Waals surface area contributed by atoms with E-state index in [0.29, 0.717) is 13.0 Å². The molecule has 0 fully saturated rings. The number of rotatable bonds is 11. The van der Waals surface area contributed by atoms with Crippen LogP contribution in [0.15, 0.2) is 24.3 Å². The normalized spacial score (nSPS) is 10.6. The molecule has 1 aromatic carbocycles. The number of unbranched alkanes of at least 4 members (excludes halogenated alkanes) is 7. The predicted octanol–water partition coefficient (Wildman–Crippen LogP) is 4.97. The van der Waals surface area contributed by atoms with Crippen molar-refractivity contribution in [3.63, 3.8) is 0 Å². The average molecular weight is 293 g/mol. The van der Waals surface area contributed by atoms with Gasteiger partial charge < -0.3 is 5.32 Å². The fourth-order valence-electron chi connectivity index (χ4n) is 2.31. The van der Waals surface area contributed by atoms with Gasteiger partial charge in [-0.25, -0.2) is 4.39 Å². The zero-order valence-corrected chi connectivity index (χ0v) is 13.2. The number of benzene rings is 1. The van der Waals surface area contributed by atoms with Gasteiger partial charge in [0.2, 0.25) is 5.91 Å². The highest BCUT2D eigenvalue weighted by molar-refractivity contribution is 5.75. The lowest BCUT2D eigenvalue weighted by molar-refractivity contribution is -0.121. The summed E-state index contributed by atoms with van der Waals surface area (Å²) in [4.78, 5) is 11.7. The zero-order chi connectivity index (χ0) is 15.3. The van der Waals surface area contributed by atoms with Gasteiger partial charge in [0.1, 0.15) is 5.82 Å². The van der Waals surface area contributed by atoms with Crippen molar-refractivity contribution in [1.29, 1.82) is 0 Å². The van der Waals surface area contributed by atoms with E-state index < -0.39 is 0 Å². The van der Waals surface area contributed by atoms with Crippen LogP contribution in [0.4, 0.5) is 4.39 Å². The quantitative estimate of drug-likeness (QED) is 0.573. The topological polar surface area (TPSA) is 29.1 Å². The van der Waals surface area contributed by atoms with Gasteiger partial charge in [0.05, 0.1) is 0 Å². The first-order valence-electron chi connectivity index (χ1n) is 8.23. The average Bonchev–Trinajstić information content (AvgIpc) is 2.49. The Morgan fingerprint density at radius 1 is 0.952 bits per heavy atom. The lowest BCUT2D eigenvalue weighted by Crippen LogP contribution is -2.22. The van der Waals surface area contributed by atoms with E-state index in [-0.39, 0.29) is 11.7 Å². The number of carbonyl (C=O) groups excluding carboxylic acids is 1. The molecule has 1 amide bonds. The third kappa shape index (κ3) is 9.22. The van der Waals surface area contributed by atoms with Gasteiger partial charge >= 0.3 is 0 Å². The molecule has 2 nitrogen and oxygen atoms in total. The summed E-state index contributed by atoms with van der Waals surface area (Å²) in [6.07, 6.45) is 10.5. The highest BCUT2D eigenvalue weighted by Crippen LogP contribution is 2.09. The largest absolute Gasteiger partial charge is 0.352 e. The van der Waals surface area contributed by atoms with E-state index >= 15 is 0 Å². The molecule has 1 aromatic rings. The highest BCUT2D eigenvalue weighted by atomic mass is 19.1. The van der Waals surface area contributed by atoms with Crippen molar-refractivity contribution < 1.29 is 9.18 Å². The Bertz CT molecular complexity index is 389. The number of hydrogen-bond donors (Lipinski definition) is 1. The van der Waals surface area contributed by atoms with Crippen LogP contribution in [0, 0.1) is 5.82 Å².